The summed E-state index contributed by atoms with van der Waals surface area (Å²) in [6.07, 6.45) is 1.04. The first-order valence-electron chi connectivity index (χ1n) is 6.66. The van der Waals surface area contributed by atoms with Crippen LogP contribution < -0.4 is 15.6 Å². The van der Waals surface area contributed by atoms with Crippen molar-refractivity contribution in [2.24, 2.45) is 7.05 Å². The second kappa shape index (κ2) is 5.80. The van der Waals surface area contributed by atoms with Crippen LogP contribution in [0.1, 0.15) is 12.5 Å². The van der Waals surface area contributed by atoms with Gasteiger partial charge in [-0.25, -0.2) is 13.2 Å². The van der Waals surface area contributed by atoms with E-state index < -0.39 is 26.2 Å². The number of nitrogens with one attached hydrogen (secondary N) is 1. The van der Waals surface area contributed by atoms with Crippen LogP contribution in [0.4, 0.5) is 5.69 Å². The highest BCUT2D eigenvalue weighted by Crippen LogP contribution is 2.22. The van der Waals surface area contributed by atoms with Crippen LogP contribution in [0.15, 0.2) is 44.9 Å². The van der Waals surface area contributed by atoms with Gasteiger partial charge in [0, 0.05) is 19.8 Å². The summed E-state index contributed by atoms with van der Waals surface area (Å²) < 4.78 is 27.7. The van der Waals surface area contributed by atoms with Gasteiger partial charge >= 0.3 is 5.69 Å². The molecular formula is C14H17N3O4S. The molecule has 0 aliphatic carbocycles. The van der Waals surface area contributed by atoms with Crippen LogP contribution in [0.3, 0.4) is 0 Å². The highest BCUT2D eigenvalue weighted by molar-refractivity contribution is 7.92. The van der Waals surface area contributed by atoms with Crippen LogP contribution in [0.2, 0.25) is 0 Å². The Morgan fingerprint density at radius 3 is 2.55 bits per heavy atom. The second-order valence-corrected chi connectivity index (χ2v) is 6.70. The lowest BCUT2D eigenvalue weighted by Gasteiger charge is -2.22. The first-order chi connectivity index (χ1) is 10.3. The van der Waals surface area contributed by atoms with Crippen molar-refractivity contribution in [2.75, 3.05) is 10.8 Å². The predicted octanol–water partition coefficient (Wildman–Crippen LogP) is 0.597. The van der Waals surface area contributed by atoms with Crippen molar-refractivity contribution in [1.29, 1.82) is 0 Å². The molecule has 0 spiro atoms. The number of hydrogen-bond donors (Lipinski definition) is 1. The van der Waals surface area contributed by atoms with Crippen molar-refractivity contribution < 1.29 is 8.42 Å². The Morgan fingerprint density at radius 1 is 1.27 bits per heavy atom. The lowest BCUT2D eigenvalue weighted by atomic mass is 10.2. The molecule has 1 aromatic heterocycles. The van der Waals surface area contributed by atoms with E-state index in [1.165, 1.54) is 7.05 Å². The zero-order chi connectivity index (χ0) is 16.5. The number of H-pyrrole nitrogens is 1. The van der Waals surface area contributed by atoms with Crippen molar-refractivity contribution in [1.82, 2.24) is 9.55 Å². The first kappa shape index (κ1) is 16.0. The quantitative estimate of drug-likeness (QED) is 0.891. The summed E-state index contributed by atoms with van der Waals surface area (Å²) in [4.78, 5) is 24.8. The van der Waals surface area contributed by atoms with Gasteiger partial charge in [0.2, 0.25) is 0 Å². The molecule has 1 N–H and O–H groups in total. The molecule has 0 radical (unpaired) electrons. The molecule has 0 unspecified atom stereocenters. The van der Waals surface area contributed by atoms with E-state index in [1.54, 1.807) is 25.1 Å². The summed E-state index contributed by atoms with van der Waals surface area (Å²) in [5, 5.41) is 0. The van der Waals surface area contributed by atoms with Crippen molar-refractivity contribution in [2.45, 2.75) is 18.7 Å². The van der Waals surface area contributed by atoms with Crippen molar-refractivity contribution >= 4 is 15.7 Å². The van der Waals surface area contributed by atoms with E-state index in [9.17, 15) is 18.0 Å². The number of rotatable bonds is 4. The van der Waals surface area contributed by atoms with Gasteiger partial charge in [-0.05, 0) is 31.5 Å². The van der Waals surface area contributed by atoms with Crippen molar-refractivity contribution in [3.8, 4) is 0 Å². The van der Waals surface area contributed by atoms with E-state index in [0.29, 0.717) is 5.69 Å². The molecule has 22 heavy (non-hydrogen) atoms. The summed E-state index contributed by atoms with van der Waals surface area (Å²) in [6.45, 7) is 3.69. The molecule has 0 bridgehead atoms. The zero-order valence-corrected chi connectivity index (χ0v) is 13.3. The highest BCUT2D eigenvalue weighted by Gasteiger charge is 2.27. The van der Waals surface area contributed by atoms with E-state index in [2.05, 4.69) is 0 Å². The van der Waals surface area contributed by atoms with Gasteiger partial charge in [0.15, 0.2) is 4.90 Å². The average molecular weight is 323 g/mol. The first-order valence-corrected chi connectivity index (χ1v) is 8.10. The van der Waals surface area contributed by atoms with Gasteiger partial charge < -0.3 is 4.57 Å². The Morgan fingerprint density at radius 2 is 1.95 bits per heavy atom. The van der Waals surface area contributed by atoms with Crippen LogP contribution >= 0.6 is 0 Å². The molecule has 0 saturated carbocycles. The third kappa shape index (κ3) is 2.82. The molecule has 0 aliphatic rings. The molecule has 0 aliphatic heterocycles. The molecule has 8 heteroatoms. The minimum Gasteiger partial charge on any atom is -0.302 e. The minimum absolute atomic E-state index is 0.161. The zero-order valence-electron chi connectivity index (χ0n) is 12.5. The SMILES string of the molecule is CCN(c1cccc(C)c1)S(=O)(=O)c1cn(C)c(=O)[nH]c1=O. The Bertz CT molecular complexity index is 912. The fourth-order valence-electron chi connectivity index (χ4n) is 2.12. The van der Waals surface area contributed by atoms with Gasteiger partial charge in [0.1, 0.15) is 0 Å². The lowest BCUT2D eigenvalue weighted by Crippen LogP contribution is -2.38. The topological polar surface area (TPSA) is 92.2 Å². The normalized spacial score (nSPS) is 11.4. The predicted molar refractivity (Wildman–Crippen MR) is 83.7 cm³/mol. The van der Waals surface area contributed by atoms with E-state index in [0.717, 1.165) is 20.6 Å². The van der Waals surface area contributed by atoms with Gasteiger partial charge in [-0.15, -0.1) is 0 Å². The van der Waals surface area contributed by atoms with E-state index in [4.69, 9.17) is 0 Å². The molecule has 1 heterocycles. The van der Waals surface area contributed by atoms with Gasteiger partial charge in [-0.3, -0.25) is 14.1 Å². The maximum absolute atomic E-state index is 12.8. The van der Waals surface area contributed by atoms with Gasteiger partial charge in [0.25, 0.3) is 15.6 Å². The average Bonchev–Trinajstić information content (AvgIpc) is 2.43. The summed E-state index contributed by atoms with van der Waals surface area (Å²) in [6, 6.07) is 6.97. The van der Waals surface area contributed by atoms with Crippen molar-refractivity contribution in [3.05, 3.63) is 56.9 Å². The lowest BCUT2D eigenvalue weighted by molar-refractivity contribution is 0.587. The van der Waals surface area contributed by atoms with E-state index in [-0.39, 0.29) is 6.54 Å². The Balaban J connectivity index is 2.65. The largest absolute Gasteiger partial charge is 0.328 e. The summed E-state index contributed by atoms with van der Waals surface area (Å²) in [5.41, 5.74) is -0.215. The van der Waals surface area contributed by atoms with Crippen LogP contribution in [0, 0.1) is 6.92 Å². The molecule has 118 valence electrons. The summed E-state index contributed by atoms with van der Waals surface area (Å²) in [7, 11) is -2.69. The van der Waals surface area contributed by atoms with Crippen molar-refractivity contribution in [3.63, 3.8) is 0 Å². The molecule has 2 rings (SSSR count). The number of aromatic nitrogens is 2. The molecule has 0 saturated heterocycles. The van der Waals surface area contributed by atoms with Gasteiger partial charge in [0.05, 0.1) is 5.69 Å². The number of aryl methyl sites for hydroxylation is 2. The second-order valence-electron chi connectivity index (χ2n) is 4.87. The van der Waals surface area contributed by atoms with E-state index >= 15 is 0 Å². The molecular weight excluding hydrogens is 306 g/mol. The number of hydrogen-bond acceptors (Lipinski definition) is 4. The van der Waals surface area contributed by atoms with Crippen LogP contribution in [0.5, 0.6) is 0 Å². The number of aromatic amines is 1. The maximum atomic E-state index is 12.8. The molecule has 2 aromatic rings. The molecule has 1 aromatic carbocycles. The monoisotopic (exact) mass is 323 g/mol. The fourth-order valence-corrected chi connectivity index (χ4v) is 3.66. The molecule has 0 fully saturated rings. The third-order valence-corrected chi connectivity index (χ3v) is 5.12. The van der Waals surface area contributed by atoms with E-state index in [1.807, 2.05) is 18.0 Å². The fraction of sp³-hybridized carbons (Fsp3) is 0.286. The Kier molecular flexibility index (Phi) is 4.23. The summed E-state index contributed by atoms with van der Waals surface area (Å²) in [5.74, 6) is 0. The molecule has 0 amide bonds. The molecule has 0 atom stereocenters. The number of benzene rings is 1. The van der Waals surface area contributed by atoms with Gasteiger partial charge in [-0.2, -0.15) is 0 Å². The number of nitrogens with zero attached hydrogens (tertiary/aromatic N) is 2. The Labute approximate surface area is 127 Å². The maximum Gasteiger partial charge on any atom is 0.328 e. The minimum atomic E-state index is -4.06. The standard InChI is InChI=1S/C14H17N3O4S/c1-4-17(11-7-5-6-10(2)8-11)22(20,21)12-9-16(3)14(19)15-13(12)18/h5-9H,4H2,1-3H3,(H,15,18,19). The number of sulfonamides is 1. The third-order valence-electron chi connectivity index (χ3n) is 3.22. The molecule has 7 nitrogen and oxygen atoms in total. The number of anilines is 1. The van der Waals surface area contributed by atoms with Gasteiger partial charge in [-0.1, -0.05) is 12.1 Å². The van der Waals surface area contributed by atoms with Crippen LogP contribution in [-0.4, -0.2) is 24.5 Å². The highest BCUT2D eigenvalue weighted by atomic mass is 32.2. The smallest absolute Gasteiger partial charge is 0.302 e. The van der Waals surface area contributed by atoms with Crippen LogP contribution in [-0.2, 0) is 17.1 Å². The van der Waals surface area contributed by atoms with Crippen LogP contribution in [0.25, 0.3) is 0 Å². The summed E-state index contributed by atoms with van der Waals surface area (Å²) >= 11 is 0. The Hall–Kier alpha value is -2.35.